The molecule has 0 saturated carbocycles. The van der Waals surface area contributed by atoms with Crippen LogP contribution in [-0.2, 0) is 11.3 Å². The molecule has 1 amide bonds. The first-order valence-electron chi connectivity index (χ1n) is 6.69. The van der Waals surface area contributed by atoms with Crippen LogP contribution in [0.1, 0.15) is 24.5 Å². The second kappa shape index (κ2) is 6.67. The van der Waals surface area contributed by atoms with Gasteiger partial charge in [-0.2, -0.15) is 5.26 Å². The quantitative estimate of drug-likeness (QED) is 0.859. The van der Waals surface area contributed by atoms with Crippen molar-refractivity contribution in [2.24, 2.45) is 0 Å². The number of nitrogens with zero attached hydrogens (tertiary/aromatic N) is 2. The van der Waals surface area contributed by atoms with E-state index < -0.39 is 0 Å². The Kier molecular flexibility index (Phi) is 4.68. The van der Waals surface area contributed by atoms with E-state index in [0.717, 1.165) is 0 Å². The van der Waals surface area contributed by atoms with E-state index in [9.17, 15) is 9.18 Å². The van der Waals surface area contributed by atoms with Crippen LogP contribution in [0.5, 0.6) is 0 Å². The summed E-state index contributed by atoms with van der Waals surface area (Å²) in [7, 11) is 0. The fourth-order valence-corrected chi connectivity index (χ4v) is 2.08. The van der Waals surface area contributed by atoms with Gasteiger partial charge in [-0.3, -0.25) is 4.79 Å². The lowest BCUT2D eigenvalue weighted by Gasteiger charge is -2.22. The first kappa shape index (κ1) is 14.7. The molecule has 0 fully saturated rings. The first-order chi connectivity index (χ1) is 10.1. The summed E-state index contributed by atoms with van der Waals surface area (Å²) in [5, 5.41) is 8.96. The van der Waals surface area contributed by atoms with Crippen molar-refractivity contribution in [3.8, 4) is 6.07 Å². The van der Waals surface area contributed by atoms with Crippen LogP contribution in [0.2, 0.25) is 0 Å². The minimum absolute atomic E-state index is 0.0747. The number of carbonyl (C=O) groups excluding carboxylic acids is 1. The van der Waals surface area contributed by atoms with E-state index in [1.54, 1.807) is 48.2 Å². The number of nitriles is 1. The SMILES string of the molecule is CCC(=O)N(Cc1cccc(F)c1)c1cccc(C#N)c1. The van der Waals surface area contributed by atoms with E-state index in [1.165, 1.54) is 12.1 Å². The van der Waals surface area contributed by atoms with Gasteiger partial charge >= 0.3 is 0 Å². The number of halogens is 1. The molecule has 0 N–H and O–H groups in total. The Morgan fingerprint density at radius 2 is 2.00 bits per heavy atom. The molecule has 0 aliphatic heterocycles. The highest BCUT2D eigenvalue weighted by Gasteiger charge is 2.15. The molecular weight excluding hydrogens is 267 g/mol. The van der Waals surface area contributed by atoms with Crippen molar-refractivity contribution in [2.45, 2.75) is 19.9 Å². The summed E-state index contributed by atoms with van der Waals surface area (Å²) in [6.07, 6.45) is 0.339. The van der Waals surface area contributed by atoms with E-state index in [-0.39, 0.29) is 18.3 Å². The van der Waals surface area contributed by atoms with E-state index in [2.05, 4.69) is 6.07 Å². The highest BCUT2D eigenvalue weighted by Crippen LogP contribution is 2.20. The topological polar surface area (TPSA) is 44.1 Å². The third-order valence-electron chi connectivity index (χ3n) is 3.12. The minimum atomic E-state index is -0.331. The third kappa shape index (κ3) is 3.67. The monoisotopic (exact) mass is 282 g/mol. The zero-order valence-electron chi connectivity index (χ0n) is 11.7. The molecule has 2 aromatic rings. The Bertz CT molecular complexity index is 691. The first-order valence-corrected chi connectivity index (χ1v) is 6.69. The van der Waals surface area contributed by atoms with Crippen molar-refractivity contribution in [3.63, 3.8) is 0 Å². The molecule has 2 rings (SSSR count). The molecule has 0 spiro atoms. The predicted octanol–water partition coefficient (Wildman–Crippen LogP) is 3.64. The molecule has 0 aromatic heterocycles. The van der Waals surface area contributed by atoms with Gasteiger partial charge in [-0.05, 0) is 35.9 Å². The molecule has 0 bridgehead atoms. The number of carbonyl (C=O) groups is 1. The molecule has 0 atom stereocenters. The zero-order chi connectivity index (χ0) is 15.2. The second-order valence-electron chi connectivity index (χ2n) is 4.63. The fourth-order valence-electron chi connectivity index (χ4n) is 2.08. The summed E-state index contributed by atoms with van der Waals surface area (Å²) in [6, 6.07) is 15.1. The number of benzene rings is 2. The number of amides is 1. The van der Waals surface area contributed by atoms with Gasteiger partial charge in [-0.25, -0.2) is 4.39 Å². The fraction of sp³-hybridized carbons (Fsp3) is 0.176. The van der Waals surface area contributed by atoms with Gasteiger partial charge in [0.15, 0.2) is 0 Å². The minimum Gasteiger partial charge on any atom is -0.308 e. The number of rotatable bonds is 4. The average molecular weight is 282 g/mol. The summed E-state index contributed by atoms with van der Waals surface area (Å²) in [4.78, 5) is 13.7. The molecule has 0 saturated heterocycles. The lowest BCUT2D eigenvalue weighted by atomic mass is 10.1. The third-order valence-corrected chi connectivity index (χ3v) is 3.12. The smallest absolute Gasteiger partial charge is 0.227 e. The van der Waals surface area contributed by atoms with Crippen LogP contribution in [-0.4, -0.2) is 5.91 Å². The maximum absolute atomic E-state index is 13.3. The summed E-state index contributed by atoms with van der Waals surface area (Å²) in [5.41, 5.74) is 1.84. The average Bonchev–Trinajstić information content (AvgIpc) is 2.52. The zero-order valence-corrected chi connectivity index (χ0v) is 11.7. The highest BCUT2D eigenvalue weighted by molar-refractivity contribution is 5.93. The van der Waals surface area contributed by atoms with Gasteiger partial charge in [0.2, 0.25) is 5.91 Å². The van der Waals surface area contributed by atoms with Crippen LogP contribution >= 0.6 is 0 Å². The van der Waals surface area contributed by atoms with Crippen LogP contribution in [0.15, 0.2) is 48.5 Å². The Balaban J connectivity index is 2.34. The van der Waals surface area contributed by atoms with Crippen LogP contribution < -0.4 is 4.90 Å². The summed E-state index contributed by atoms with van der Waals surface area (Å²) < 4.78 is 13.3. The van der Waals surface area contributed by atoms with E-state index >= 15 is 0 Å². The standard InChI is InChI=1S/C17H15FN2O/c1-2-17(21)20(12-14-6-3-7-15(18)9-14)16-8-4-5-13(10-16)11-19/h3-10H,2,12H2,1H3. The Morgan fingerprint density at radius 1 is 1.24 bits per heavy atom. The Hall–Kier alpha value is -2.67. The molecule has 0 heterocycles. The predicted molar refractivity (Wildman–Crippen MR) is 79.0 cm³/mol. The molecule has 21 heavy (non-hydrogen) atoms. The highest BCUT2D eigenvalue weighted by atomic mass is 19.1. The van der Waals surface area contributed by atoms with Crippen LogP contribution in [0.25, 0.3) is 0 Å². The van der Waals surface area contributed by atoms with Gasteiger partial charge in [0.1, 0.15) is 5.82 Å². The number of hydrogen-bond acceptors (Lipinski definition) is 2. The maximum atomic E-state index is 13.3. The largest absolute Gasteiger partial charge is 0.308 e. The molecule has 0 radical (unpaired) electrons. The van der Waals surface area contributed by atoms with Crippen molar-refractivity contribution >= 4 is 11.6 Å². The van der Waals surface area contributed by atoms with Crippen molar-refractivity contribution < 1.29 is 9.18 Å². The summed E-state index contributed by atoms with van der Waals surface area (Å²) in [5.74, 6) is -0.406. The van der Waals surface area contributed by atoms with Crippen LogP contribution in [0.4, 0.5) is 10.1 Å². The second-order valence-corrected chi connectivity index (χ2v) is 4.63. The molecule has 4 heteroatoms. The van der Waals surface area contributed by atoms with Crippen molar-refractivity contribution in [1.82, 2.24) is 0 Å². The van der Waals surface area contributed by atoms with Gasteiger partial charge in [-0.15, -0.1) is 0 Å². The van der Waals surface area contributed by atoms with Gasteiger partial charge in [0, 0.05) is 12.1 Å². The summed E-state index contributed by atoms with van der Waals surface area (Å²) in [6.45, 7) is 2.05. The Labute approximate surface area is 123 Å². The molecule has 2 aromatic carbocycles. The molecule has 0 unspecified atom stereocenters. The Morgan fingerprint density at radius 3 is 2.67 bits per heavy atom. The summed E-state index contributed by atoms with van der Waals surface area (Å²) >= 11 is 0. The lowest BCUT2D eigenvalue weighted by Crippen LogP contribution is -2.29. The molecule has 3 nitrogen and oxygen atoms in total. The number of hydrogen-bond donors (Lipinski definition) is 0. The van der Waals surface area contributed by atoms with E-state index in [0.29, 0.717) is 23.2 Å². The van der Waals surface area contributed by atoms with E-state index in [4.69, 9.17) is 5.26 Å². The number of anilines is 1. The van der Waals surface area contributed by atoms with Gasteiger partial charge in [0.05, 0.1) is 18.2 Å². The normalized spacial score (nSPS) is 9.95. The van der Waals surface area contributed by atoms with E-state index in [1.807, 2.05) is 0 Å². The van der Waals surface area contributed by atoms with Crippen LogP contribution in [0.3, 0.4) is 0 Å². The van der Waals surface area contributed by atoms with Crippen molar-refractivity contribution in [1.29, 1.82) is 5.26 Å². The van der Waals surface area contributed by atoms with Crippen molar-refractivity contribution in [2.75, 3.05) is 4.90 Å². The molecular formula is C17H15FN2O. The van der Waals surface area contributed by atoms with Crippen molar-refractivity contribution in [3.05, 3.63) is 65.5 Å². The lowest BCUT2D eigenvalue weighted by molar-refractivity contribution is -0.118. The van der Waals surface area contributed by atoms with Gasteiger partial charge in [-0.1, -0.05) is 25.1 Å². The molecule has 0 aliphatic rings. The van der Waals surface area contributed by atoms with Gasteiger partial charge < -0.3 is 4.90 Å². The molecule has 0 aliphatic carbocycles. The van der Waals surface area contributed by atoms with Gasteiger partial charge in [0.25, 0.3) is 0 Å². The molecule has 106 valence electrons. The maximum Gasteiger partial charge on any atom is 0.227 e. The van der Waals surface area contributed by atoms with Crippen LogP contribution in [0, 0.1) is 17.1 Å².